The number of hydrogen-bond donors (Lipinski definition) is 3. The topological polar surface area (TPSA) is 74.3 Å². The Hall–Kier alpha value is -2.86. The third-order valence-corrected chi connectivity index (χ3v) is 3.79. The lowest BCUT2D eigenvalue weighted by molar-refractivity contribution is 0.0912. The largest absolute Gasteiger partial charge is 0.497 e. The van der Waals surface area contributed by atoms with Crippen molar-refractivity contribution in [2.45, 2.75) is 6.10 Å². The Morgan fingerprint density at radius 1 is 1.29 bits per heavy atom. The van der Waals surface area contributed by atoms with Gasteiger partial charge in [-0.1, -0.05) is 18.2 Å². The van der Waals surface area contributed by atoms with Crippen molar-refractivity contribution in [1.82, 2.24) is 10.3 Å². The van der Waals surface area contributed by atoms with E-state index < -0.39 is 12.0 Å². The second kappa shape index (κ2) is 6.72. The van der Waals surface area contributed by atoms with Crippen molar-refractivity contribution in [1.29, 1.82) is 0 Å². The standard InChI is InChI=1S/C18H17FN2O3/c1-24-12-5-2-4-11(8-12)17(22)10-20-18(23)16-9-13-14(19)6-3-7-15(13)21-16/h2-9,17,21-22H,10H2,1H3,(H,20,23). The number of carbonyl (C=O) groups excluding carboxylic acids is 1. The molecule has 3 N–H and O–H groups in total. The molecular formula is C18H17FN2O3. The SMILES string of the molecule is COc1cccc(C(O)CNC(=O)c2cc3c(F)cccc3[nH]2)c1. The number of halogens is 1. The number of aliphatic hydroxyl groups excluding tert-OH is 1. The maximum absolute atomic E-state index is 13.7. The van der Waals surface area contributed by atoms with Gasteiger partial charge in [-0.15, -0.1) is 0 Å². The maximum atomic E-state index is 13.7. The van der Waals surface area contributed by atoms with Gasteiger partial charge in [-0.05, 0) is 35.9 Å². The molecule has 1 heterocycles. The monoisotopic (exact) mass is 328 g/mol. The molecule has 0 radical (unpaired) electrons. The van der Waals surface area contributed by atoms with Gasteiger partial charge in [0, 0.05) is 17.4 Å². The van der Waals surface area contributed by atoms with Gasteiger partial charge in [0.25, 0.3) is 5.91 Å². The van der Waals surface area contributed by atoms with Crippen LogP contribution in [-0.2, 0) is 0 Å². The Labute approximate surface area is 138 Å². The summed E-state index contributed by atoms with van der Waals surface area (Å²) in [5.74, 6) is -0.171. The maximum Gasteiger partial charge on any atom is 0.267 e. The summed E-state index contributed by atoms with van der Waals surface area (Å²) in [6, 6.07) is 13.0. The molecule has 1 unspecified atom stereocenters. The molecule has 0 aliphatic carbocycles. The second-order valence-corrected chi connectivity index (χ2v) is 5.39. The summed E-state index contributed by atoms with van der Waals surface area (Å²) in [7, 11) is 1.54. The zero-order valence-corrected chi connectivity index (χ0v) is 13.0. The van der Waals surface area contributed by atoms with Crippen molar-refractivity contribution in [3.63, 3.8) is 0 Å². The Bertz CT molecular complexity index is 876. The highest BCUT2D eigenvalue weighted by Crippen LogP contribution is 2.20. The smallest absolute Gasteiger partial charge is 0.267 e. The molecule has 0 saturated heterocycles. The molecule has 0 fully saturated rings. The Morgan fingerprint density at radius 3 is 2.83 bits per heavy atom. The molecule has 1 amide bonds. The fraction of sp³-hybridized carbons (Fsp3) is 0.167. The molecule has 1 atom stereocenters. The fourth-order valence-electron chi connectivity index (χ4n) is 2.49. The third kappa shape index (κ3) is 3.23. The van der Waals surface area contributed by atoms with E-state index in [1.807, 2.05) is 0 Å². The predicted molar refractivity (Wildman–Crippen MR) is 88.5 cm³/mol. The van der Waals surface area contributed by atoms with Crippen molar-refractivity contribution in [2.75, 3.05) is 13.7 Å². The van der Waals surface area contributed by atoms with Crippen molar-refractivity contribution >= 4 is 16.8 Å². The van der Waals surface area contributed by atoms with Crippen LogP contribution in [0.15, 0.2) is 48.5 Å². The fourth-order valence-corrected chi connectivity index (χ4v) is 2.49. The van der Waals surface area contributed by atoms with E-state index in [4.69, 9.17) is 4.74 Å². The quantitative estimate of drug-likeness (QED) is 0.674. The summed E-state index contributed by atoms with van der Waals surface area (Å²) in [6.07, 6.45) is -0.870. The molecule has 24 heavy (non-hydrogen) atoms. The van der Waals surface area contributed by atoms with Crippen LogP contribution in [0, 0.1) is 5.82 Å². The average molecular weight is 328 g/mol. The summed E-state index contributed by atoms with van der Waals surface area (Å²) in [4.78, 5) is 15.0. The highest BCUT2D eigenvalue weighted by atomic mass is 19.1. The zero-order valence-electron chi connectivity index (χ0n) is 13.0. The number of nitrogens with one attached hydrogen (secondary N) is 2. The number of aliphatic hydroxyl groups is 1. The lowest BCUT2D eigenvalue weighted by Gasteiger charge is -2.12. The van der Waals surface area contributed by atoms with Gasteiger partial charge in [-0.3, -0.25) is 4.79 Å². The van der Waals surface area contributed by atoms with Gasteiger partial charge in [0.05, 0.1) is 13.2 Å². The Morgan fingerprint density at radius 2 is 2.08 bits per heavy atom. The molecule has 5 nitrogen and oxygen atoms in total. The van der Waals surface area contributed by atoms with Gasteiger partial charge in [0.15, 0.2) is 0 Å². The molecule has 2 aromatic carbocycles. The van der Waals surface area contributed by atoms with Crippen molar-refractivity contribution in [3.8, 4) is 5.75 Å². The van der Waals surface area contributed by atoms with Crippen LogP contribution in [0.3, 0.4) is 0 Å². The zero-order chi connectivity index (χ0) is 17.1. The van der Waals surface area contributed by atoms with Crippen LogP contribution >= 0.6 is 0 Å². The lowest BCUT2D eigenvalue weighted by atomic mass is 10.1. The Kier molecular flexibility index (Phi) is 4.48. The molecule has 3 rings (SSSR count). The molecule has 1 aromatic heterocycles. The van der Waals surface area contributed by atoms with Crippen LogP contribution in [0.25, 0.3) is 10.9 Å². The number of fused-ring (bicyclic) bond motifs is 1. The molecule has 0 aliphatic rings. The first-order chi connectivity index (χ1) is 11.6. The van der Waals surface area contributed by atoms with E-state index in [1.165, 1.54) is 12.1 Å². The van der Waals surface area contributed by atoms with E-state index in [2.05, 4.69) is 10.3 Å². The highest BCUT2D eigenvalue weighted by molar-refractivity contribution is 5.98. The second-order valence-electron chi connectivity index (χ2n) is 5.39. The lowest BCUT2D eigenvalue weighted by Crippen LogP contribution is -2.28. The number of carbonyl (C=O) groups is 1. The highest BCUT2D eigenvalue weighted by Gasteiger charge is 2.14. The number of ether oxygens (including phenoxy) is 1. The first kappa shape index (κ1) is 16.0. The van der Waals surface area contributed by atoms with Crippen molar-refractivity contribution < 1.29 is 19.0 Å². The van der Waals surface area contributed by atoms with Crippen LogP contribution in [0.4, 0.5) is 4.39 Å². The van der Waals surface area contributed by atoms with Crippen LogP contribution in [0.1, 0.15) is 22.2 Å². The summed E-state index contributed by atoms with van der Waals surface area (Å²) >= 11 is 0. The van der Waals surface area contributed by atoms with Crippen LogP contribution < -0.4 is 10.1 Å². The molecule has 0 saturated carbocycles. The van der Waals surface area contributed by atoms with Crippen molar-refractivity contribution in [2.24, 2.45) is 0 Å². The normalized spacial score (nSPS) is 12.1. The number of methoxy groups -OCH3 is 1. The minimum absolute atomic E-state index is 0.0316. The van der Waals surface area contributed by atoms with E-state index in [0.717, 1.165) is 0 Å². The Balaban J connectivity index is 1.68. The number of aromatic amines is 1. The van der Waals surface area contributed by atoms with E-state index in [-0.39, 0.29) is 18.1 Å². The summed E-state index contributed by atoms with van der Waals surface area (Å²) in [5.41, 5.74) is 1.43. The first-order valence-electron chi connectivity index (χ1n) is 7.46. The van der Waals surface area contributed by atoms with Gasteiger partial charge in [-0.25, -0.2) is 4.39 Å². The minimum atomic E-state index is -0.870. The van der Waals surface area contributed by atoms with Gasteiger partial charge in [0.2, 0.25) is 0 Å². The van der Waals surface area contributed by atoms with Crippen LogP contribution in [-0.4, -0.2) is 29.7 Å². The molecular weight excluding hydrogens is 311 g/mol. The predicted octanol–water partition coefficient (Wildman–Crippen LogP) is 2.78. The number of hydrogen-bond acceptors (Lipinski definition) is 3. The van der Waals surface area contributed by atoms with E-state index in [0.29, 0.717) is 22.2 Å². The number of rotatable bonds is 5. The molecule has 0 spiro atoms. The summed E-state index contributed by atoms with van der Waals surface area (Å²) in [6.45, 7) is 0.0316. The minimum Gasteiger partial charge on any atom is -0.497 e. The van der Waals surface area contributed by atoms with E-state index >= 15 is 0 Å². The van der Waals surface area contributed by atoms with E-state index in [1.54, 1.807) is 43.5 Å². The number of H-pyrrole nitrogens is 1. The van der Waals surface area contributed by atoms with Gasteiger partial charge in [-0.2, -0.15) is 0 Å². The van der Waals surface area contributed by atoms with Gasteiger partial charge < -0.3 is 20.1 Å². The van der Waals surface area contributed by atoms with E-state index in [9.17, 15) is 14.3 Å². The van der Waals surface area contributed by atoms with Gasteiger partial charge >= 0.3 is 0 Å². The van der Waals surface area contributed by atoms with Crippen molar-refractivity contribution in [3.05, 3.63) is 65.6 Å². The molecule has 3 aromatic rings. The molecule has 124 valence electrons. The summed E-state index contributed by atoms with van der Waals surface area (Å²) in [5, 5.41) is 13.2. The number of benzene rings is 2. The van der Waals surface area contributed by atoms with Crippen LogP contribution in [0.2, 0.25) is 0 Å². The van der Waals surface area contributed by atoms with Crippen LogP contribution in [0.5, 0.6) is 5.75 Å². The number of amides is 1. The number of aromatic nitrogens is 1. The molecule has 0 aliphatic heterocycles. The average Bonchev–Trinajstić information content (AvgIpc) is 3.05. The third-order valence-electron chi connectivity index (χ3n) is 3.79. The van der Waals surface area contributed by atoms with Gasteiger partial charge in [0.1, 0.15) is 17.3 Å². The summed E-state index contributed by atoms with van der Waals surface area (Å²) < 4.78 is 18.8. The molecule has 6 heteroatoms. The first-order valence-corrected chi connectivity index (χ1v) is 7.46. The molecule has 0 bridgehead atoms.